The maximum Gasteiger partial charge on any atom is 0.111 e. The summed E-state index contributed by atoms with van der Waals surface area (Å²) in [7, 11) is -0.813. The van der Waals surface area contributed by atoms with Crippen molar-refractivity contribution in [3.8, 4) is 22.8 Å². The Balaban J connectivity index is 1.42. The first-order chi connectivity index (χ1) is 24.4. The zero-order chi connectivity index (χ0) is 35.8. The van der Waals surface area contributed by atoms with Crippen molar-refractivity contribution in [2.75, 3.05) is 0 Å². The van der Waals surface area contributed by atoms with Gasteiger partial charge < -0.3 is 0 Å². The van der Waals surface area contributed by atoms with Gasteiger partial charge in [0.15, 0.2) is 0 Å². The van der Waals surface area contributed by atoms with Crippen LogP contribution in [0.25, 0.3) is 22.8 Å². The highest BCUT2D eigenvalue weighted by Gasteiger charge is 2.14. The lowest BCUT2D eigenvalue weighted by molar-refractivity contribution is 0.400. The molecule has 6 heteroatoms. The van der Waals surface area contributed by atoms with Gasteiger partial charge in [0.25, 0.3) is 0 Å². The number of hydrogen-bond acceptors (Lipinski definition) is 4. The van der Waals surface area contributed by atoms with Gasteiger partial charge in [-0.05, 0) is 58.3 Å². The molecule has 0 aromatic carbocycles. The molecule has 4 unspecified atom stereocenters. The molecule has 0 aliphatic heterocycles. The lowest BCUT2D eigenvalue weighted by Crippen LogP contribution is -2.20. The third kappa shape index (κ3) is 16.9. The molecule has 3 aromatic heterocycles. The van der Waals surface area contributed by atoms with Crippen molar-refractivity contribution in [1.82, 2.24) is 20.2 Å². The lowest BCUT2D eigenvalue weighted by Gasteiger charge is -2.14. The number of unbranched alkanes of at least 4 members (excludes halogenated alkanes) is 4. The van der Waals surface area contributed by atoms with Crippen LogP contribution in [0.3, 0.4) is 0 Å². The van der Waals surface area contributed by atoms with Crippen LogP contribution in [0.1, 0.15) is 157 Å². The SMILES string of the molecule is CCCCCC(C)CCCC(C)CCC[SiH2]c1cccnc1-c1ccc(-c2ncccc2[SiH2]CCCC(C)CCCC(C)CCCCC)nn1. The fourth-order valence-corrected chi connectivity index (χ4v) is 11.1. The molecule has 0 saturated carbocycles. The number of nitrogens with zero attached hydrogens (tertiary/aromatic N) is 4. The van der Waals surface area contributed by atoms with Gasteiger partial charge in [0.2, 0.25) is 0 Å². The second-order valence-electron chi connectivity index (χ2n) is 16.1. The Kier molecular flexibility index (Phi) is 21.7. The average molecular weight is 715 g/mol. The van der Waals surface area contributed by atoms with Crippen molar-refractivity contribution in [1.29, 1.82) is 0 Å². The summed E-state index contributed by atoms with van der Waals surface area (Å²) in [5.74, 6) is 3.47. The van der Waals surface area contributed by atoms with Gasteiger partial charge >= 0.3 is 0 Å². The van der Waals surface area contributed by atoms with Crippen LogP contribution < -0.4 is 10.4 Å². The molecular weight excluding hydrogens is 641 g/mol. The first-order valence-corrected chi connectivity index (χ1v) is 24.5. The Bertz CT molecular complexity index is 1180. The molecule has 3 heterocycles. The number of hydrogen-bond donors (Lipinski definition) is 0. The smallest absolute Gasteiger partial charge is 0.111 e. The minimum absolute atomic E-state index is 0.407. The Morgan fingerprint density at radius 3 is 1.18 bits per heavy atom. The van der Waals surface area contributed by atoms with Gasteiger partial charge in [-0.2, -0.15) is 0 Å². The second-order valence-corrected chi connectivity index (χ2v) is 20.0. The van der Waals surface area contributed by atoms with Crippen LogP contribution in [-0.2, 0) is 0 Å². The van der Waals surface area contributed by atoms with E-state index in [4.69, 9.17) is 20.2 Å². The molecule has 0 fully saturated rings. The largest absolute Gasteiger partial charge is 0.255 e. The van der Waals surface area contributed by atoms with Crippen molar-refractivity contribution in [2.24, 2.45) is 23.7 Å². The first-order valence-electron chi connectivity index (χ1n) is 21.1. The normalized spacial score (nSPS) is 14.5. The Labute approximate surface area is 312 Å². The van der Waals surface area contributed by atoms with E-state index < -0.39 is 19.0 Å². The van der Waals surface area contributed by atoms with E-state index in [-0.39, 0.29) is 0 Å². The third-order valence-corrected chi connectivity index (χ3v) is 15.0. The highest BCUT2D eigenvalue weighted by atomic mass is 28.2. The first kappa shape index (κ1) is 42.2. The molecular formula is C44H74N4Si2. The van der Waals surface area contributed by atoms with Gasteiger partial charge in [-0.3, -0.25) is 9.97 Å². The number of pyridine rings is 2. The summed E-state index contributed by atoms with van der Waals surface area (Å²) >= 11 is 0. The topological polar surface area (TPSA) is 51.6 Å². The quantitative estimate of drug-likeness (QED) is 0.0555. The van der Waals surface area contributed by atoms with Crippen LogP contribution in [0.15, 0.2) is 48.8 Å². The summed E-state index contributed by atoms with van der Waals surface area (Å²) in [6.45, 7) is 14.4. The molecule has 3 aromatic rings. The Morgan fingerprint density at radius 2 is 0.820 bits per heavy atom. The second kappa shape index (κ2) is 25.7. The van der Waals surface area contributed by atoms with Crippen molar-refractivity contribution in [3.63, 3.8) is 0 Å². The molecule has 0 amide bonds. The molecule has 4 nitrogen and oxygen atoms in total. The van der Waals surface area contributed by atoms with Crippen molar-refractivity contribution < 1.29 is 0 Å². The molecule has 3 rings (SSSR count). The molecule has 0 radical (unpaired) electrons. The molecule has 50 heavy (non-hydrogen) atoms. The molecule has 0 aliphatic carbocycles. The maximum absolute atomic E-state index is 4.80. The van der Waals surface area contributed by atoms with Crippen LogP contribution in [0.5, 0.6) is 0 Å². The van der Waals surface area contributed by atoms with E-state index in [2.05, 4.69) is 77.9 Å². The Hall–Kier alpha value is -2.19. The van der Waals surface area contributed by atoms with E-state index in [0.29, 0.717) is 0 Å². The van der Waals surface area contributed by atoms with Crippen molar-refractivity contribution >= 4 is 29.4 Å². The summed E-state index contributed by atoms with van der Waals surface area (Å²) in [6.07, 6.45) is 28.7. The minimum Gasteiger partial charge on any atom is -0.255 e. The highest BCUT2D eigenvalue weighted by Crippen LogP contribution is 2.23. The fraction of sp³-hybridized carbons (Fsp3) is 0.682. The van der Waals surface area contributed by atoms with Gasteiger partial charge in [0, 0.05) is 12.4 Å². The zero-order valence-corrected chi connectivity index (χ0v) is 36.1. The number of rotatable bonds is 28. The van der Waals surface area contributed by atoms with Crippen LogP contribution in [-0.4, -0.2) is 39.2 Å². The van der Waals surface area contributed by atoms with Gasteiger partial charge in [-0.1, -0.05) is 181 Å². The zero-order valence-electron chi connectivity index (χ0n) is 33.3. The Morgan fingerprint density at radius 1 is 0.460 bits per heavy atom. The minimum atomic E-state index is -0.407. The lowest BCUT2D eigenvalue weighted by atomic mass is 9.93. The van der Waals surface area contributed by atoms with Crippen LogP contribution in [0.4, 0.5) is 0 Å². The van der Waals surface area contributed by atoms with Crippen LogP contribution in [0.2, 0.25) is 12.1 Å². The van der Waals surface area contributed by atoms with Gasteiger partial charge in [-0.15, -0.1) is 10.2 Å². The molecule has 0 N–H and O–H groups in total. The van der Waals surface area contributed by atoms with Crippen LogP contribution >= 0.6 is 0 Å². The predicted octanol–water partition coefficient (Wildman–Crippen LogP) is 10.6. The third-order valence-electron chi connectivity index (χ3n) is 11.1. The summed E-state index contributed by atoms with van der Waals surface area (Å²) in [5, 5.41) is 12.3. The molecule has 0 bridgehead atoms. The standard InChI is InChI=1S/C44H74N4Si2/c1-7-9-11-19-35(3)21-13-23-37(5)25-17-33-49-41-27-15-31-45-43(41)39-29-30-40(48-47-39)44-42(28-16-32-46-44)50-34-18-26-38(6)24-14-22-36(4)20-12-10-8-2/h15-16,27-32,35-38H,7-14,17-26,33-34,49-50H2,1-6H3. The van der Waals surface area contributed by atoms with E-state index in [1.807, 2.05) is 12.4 Å². The van der Waals surface area contributed by atoms with Crippen LogP contribution in [0, 0.1) is 23.7 Å². The summed E-state index contributed by atoms with van der Waals surface area (Å²) in [4.78, 5) is 9.59. The average Bonchev–Trinajstić information content (AvgIpc) is 3.12. The molecule has 0 spiro atoms. The van der Waals surface area contributed by atoms with E-state index in [0.717, 1.165) is 46.4 Å². The van der Waals surface area contributed by atoms with Gasteiger partial charge in [-0.25, -0.2) is 0 Å². The van der Waals surface area contributed by atoms with E-state index in [1.54, 1.807) is 0 Å². The molecule has 0 aliphatic rings. The fourth-order valence-electron chi connectivity index (χ4n) is 7.64. The van der Waals surface area contributed by atoms with Gasteiger partial charge in [0.05, 0.1) is 30.4 Å². The van der Waals surface area contributed by atoms with Crippen molar-refractivity contribution in [2.45, 2.75) is 169 Å². The summed E-state index contributed by atoms with van der Waals surface area (Å²) in [5.41, 5.74) is 3.88. The monoisotopic (exact) mass is 715 g/mol. The van der Waals surface area contributed by atoms with E-state index in [1.165, 1.54) is 138 Å². The molecule has 278 valence electrons. The number of aromatic nitrogens is 4. The molecule has 4 atom stereocenters. The predicted molar refractivity (Wildman–Crippen MR) is 226 cm³/mol. The summed E-state index contributed by atoms with van der Waals surface area (Å²) < 4.78 is 0. The summed E-state index contributed by atoms with van der Waals surface area (Å²) in [6, 6.07) is 15.7. The highest BCUT2D eigenvalue weighted by molar-refractivity contribution is 6.55. The van der Waals surface area contributed by atoms with E-state index >= 15 is 0 Å². The molecule has 0 saturated heterocycles. The van der Waals surface area contributed by atoms with Crippen molar-refractivity contribution in [3.05, 3.63) is 48.8 Å². The maximum atomic E-state index is 4.80. The van der Waals surface area contributed by atoms with E-state index in [9.17, 15) is 0 Å². The van der Waals surface area contributed by atoms with Gasteiger partial charge in [0.1, 0.15) is 11.4 Å².